The molecule has 1 unspecified atom stereocenters. The summed E-state index contributed by atoms with van der Waals surface area (Å²) in [6, 6.07) is 15.7. The number of piperazine rings is 1. The van der Waals surface area contributed by atoms with E-state index in [9.17, 15) is 9.59 Å². The third-order valence-corrected chi connectivity index (χ3v) is 4.30. The van der Waals surface area contributed by atoms with Gasteiger partial charge in [-0.1, -0.05) is 41.9 Å². The fourth-order valence-electron chi connectivity index (χ4n) is 2.83. The predicted molar refractivity (Wildman–Crippen MR) is 95.5 cm³/mol. The Labute approximate surface area is 151 Å². The topological polar surface area (TPSA) is 58.6 Å². The summed E-state index contributed by atoms with van der Waals surface area (Å²) in [5.41, 5.74) is 0.749. The normalized spacial score (nSPS) is 17.1. The highest BCUT2D eigenvalue weighted by molar-refractivity contribution is 6.30. The van der Waals surface area contributed by atoms with Crippen molar-refractivity contribution < 1.29 is 14.3 Å². The molecule has 6 heteroatoms. The maximum atomic E-state index is 12.6. The molecule has 0 spiro atoms. The van der Waals surface area contributed by atoms with Gasteiger partial charge < -0.3 is 15.0 Å². The summed E-state index contributed by atoms with van der Waals surface area (Å²) in [5, 5.41) is 3.41. The van der Waals surface area contributed by atoms with Crippen LogP contribution < -0.4 is 10.1 Å². The quantitative estimate of drug-likeness (QED) is 0.894. The first-order chi connectivity index (χ1) is 12.1. The zero-order valence-corrected chi connectivity index (χ0v) is 14.4. The molecule has 1 aliphatic heterocycles. The van der Waals surface area contributed by atoms with Gasteiger partial charge in [0.1, 0.15) is 11.8 Å². The Morgan fingerprint density at radius 3 is 2.60 bits per heavy atom. The standard InChI is InChI=1S/C19H19ClN2O3/c20-15-8-6-14(7-9-15)18-19(24)21-11-12-22(18)17(23)10-13-25-16-4-2-1-3-5-16/h1-9,18H,10-13H2,(H,21,24). The van der Waals surface area contributed by atoms with Crippen molar-refractivity contribution in [2.24, 2.45) is 0 Å². The number of nitrogens with zero attached hydrogens (tertiary/aromatic N) is 1. The summed E-state index contributed by atoms with van der Waals surface area (Å²) in [6.07, 6.45) is 0.215. The minimum Gasteiger partial charge on any atom is -0.493 e. The molecule has 0 saturated carbocycles. The Bertz CT molecular complexity index is 734. The van der Waals surface area contributed by atoms with Crippen LogP contribution in [0.5, 0.6) is 5.75 Å². The van der Waals surface area contributed by atoms with Gasteiger partial charge in [-0.25, -0.2) is 0 Å². The van der Waals surface area contributed by atoms with Crippen LogP contribution in [0.25, 0.3) is 0 Å². The van der Waals surface area contributed by atoms with Crippen LogP contribution in [0.2, 0.25) is 5.02 Å². The zero-order chi connectivity index (χ0) is 17.6. The fraction of sp³-hybridized carbons (Fsp3) is 0.263. The van der Waals surface area contributed by atoms with Crippen LogP contribution in [0, 0.1) is 0 Å². The van der Waals surface area contributed by atoms with E-state index in [1.54, 1.807) is 29.2 Å². The van der Waals surface area contributed by atoms with E-state index in [4.69, 9.17) is 16.3 Å². The van der Waals surface area contributed by atoms with Crippen LogP contribution in [-0.2, 0) is 9.59 Å². The van der Waals surface area contributed by atoms with E-state index >= 15 is 0 Å². The van der Waals surface area contributed by atoms with Crippen molar-refractivity contribution in [3.05, 3.63) is 65.2 Å². The summed E-state index contributed by atoms with van der Waals surface area (Å²) in [4.78, 5) is 26.6. The SMILES string of the molecule is O=C1NCCN(C(=O)CCOc2ccccc2)C1c1ccc(Cl)cc1. The maximum Gasteiger partial charge on any atom is 0.247 e. The lowest BCUT2D eigenvalue weighted by molar-refractivity contribution is -0.143. The molecule has 1 fully saturated rings. The van der Waals surface area contributed by atoms with Gasteiger partial charge in [0.05, 0.1) is 13.0 Å². The Kier molecular flexibility index (Phi) is 5.56. The van der Waals surface area contributed by atoms with Gasteiger partial charge in [-0.3, -0.25) is 9.59 Å². The summed E-state index contributed by atoms with van der Waals surface area (Å²) in [5.74, 6) is 0.442. The first kappa shape index (κ1) is 17.3. The minimum atomic E-state index is -0.629. The van der Waals surface area contributed by atoms with Crippen molar-refractivity contribution in [1.82, 2.24) is 10.2 Å². The predicted octanol–water partition coefficient (Wildman–Crippen LogP) is 2.81. The molecule has 0 bridgehead atoms. The third kappa shape index (κ3) is 4.31. The van der Waals surface area contributed by atoms with Gasteiger partial charge in [-0.05, 0) is 29.8 Å². The highest BCUT2D eigenvalue weighted by Gasteiger charge is 2.33. The number of para-hydroxylation sites is 1. The molecule has 0 aromatic heterocycles. The number of nitrogens with one attached hydrogen (secondary N) is 1. The van der Waals surface area contributed by atoms with Gasteiger partial charge in [0.2, 0.25) is 11.8 Å². The summed E-state index contributed by atoms with van der Waals surface area (Å²) in [7, 11) is 0. The highest BCUT2D eigenvalue weighted by atomic mass is 35.5. The number of hydrogen-bond acceptors (Lipinski definition) is 3. The molecule has 2 aromatic rings. The van der Waals surface area contributed by atoms with Crippen molar-refractivity contribution in [2.75, 3.05) is 19.7 Å². The molecule has 1 heterocycles. The van der Waals surface area contributed by atoms with Crippen molar-refractivity contribution in [3.8, 4) is 5.75 Å². The van der Waals surface area contributed by atoms with Crippen LogP contribution in [0.1, 0.15) is 18.0 Å². The second-order valence-electron chi connectivity index (χ2n) is 5.74. The molecular weight excluding hydrogens is 340 g/mol. The van der Waals surface area contributed by atoms with Crippen LogP contribution in [0.15, 0.2) is 54.6 Å². The number of rotatable bonds is 5. The monoisotopic (exact) mass is 358 g/mol. The second-order valence-corrected chi connectivity index (χ2v) is 6.18. The first-order valence-corrected chi connectivity index (χ1v) is 8.53. The largest absolute Gasteiger partial charge is 0.493 e. The molecule has 3 rings (SSSR count). The minimum absolute atomic E-state index is 0.106. The van der Waals surface area contributed by atoms with E-state index in [1.165, 1.54) is 0 Å². The number of halogens is 1. The van der Waals surface area contributed by atoms with Crippen LogP contribution in [0.4, 0.5) is 0 Å². The van der Waals surface area contributed by atoms with Crippen molar-refractivity contribution in [2.45, 2.75) is 12.5 Å². The molecule has 2 aromatic carbocycles. The fourth-order valence-corrected chi connectivity index (χ4v) is 2.95. The van der Waals surface area contributed by atoms with Gasteiger partial charge in [0.25, 0.3) is 0 Å². The summed E-state index contributed by atoms with van der Waals surface area (Å²) < 4.78 is 5.59. The van der Waals surface area contributed by atoms with E-state index in [0.717, 1.165) is 11.3 Å². The van der Waals surface area contributed by atoms with Gasteiger partial charge >= 0.3 is 0 Å². The molecule has 0 radical (unpaired) electrons. The Morgan fingerprint density at radius 2 is 1.88 bits per heavy atom. The van der Waals surface area contributed by atoms with Gasteiger partial charge in [-0.2, -0.15) is 0 Å². The zero-order valence-electron chi connectivity index (χ0n) is 13.7. The lowest BCUT2D eigenvalue weighted by Gasteiger charge is -2.35. The molecule has 1 atom stereocenters. The van der Waals surface area contributed by atoms with E-state index in [0.29, 0.717) is 18.1 Å². The van der Waals surface area contributed by atoms with Crippen LogP contribution in [0.3, 0.4) is 0 Å². The first-order valence-electron chi connectivity index (χ1n) is 8.15. The third-order valence-electron chi connectivity index (χ3n) is 4.05. The molecule has 0 aliphatic carbocycles. The molecule has 25 heavy (non-hydrogen) atoms. The van der Waals surface area contributed by atoms with E-state index in [1.807, 2.05) is 30.3 Å². The van der Waals surface area contributed by atoms with Gasteiger partial charge in [0.15, 0.2) is 0 Å². The van der Waals surface area contributed by atoms with Crippen LogP contribution >= 0.6 is 11.6 Å². The van der Waals surface area contributed by atoms with Gasteiger partial charge in [-0.15, -0.1) is 0 Å². The second kappa shape index (κ2) is 8.03. The molecule has 1 N–H and O–H groups in total. The van der Waals surface area contributed by atoms with Crippen molar-refractivity contribution in [1.29, 1.82) is 0 Å². The number of benzene rings is 2. The highest BCUT2D eigenvalue weighted by Crippen LogP contribution is 2.25. The average Bonchev–Trinajstić information content (AvgIpc) is 2.63. The van der Waals surface area contributed by atoms with E-state index < -0.39 is 6.04 Å². The molecular formula is C19H19ClN2O3. The molecule has 5 nitrogen and oxygen atoms in total. The van der Waals surface area contributed by atoms with Crippen molar-refractivity contribution >= 4 is 23.4 Å². The summed E-state index contributed by atoms with van der Waals surface area (Å²) >= 11 is 5.92. The van der Waals surface area contributed by atoms with Crippen molar-refractivity contribution in [3.63, 3.8) is 0 Å². The number of amides is 2. The maximum absolute atomic E-state index is 12.6. The Morgan fingerprint density at radius 1 is 1.16 bits per heavy atom. The molecule has 2 amide bonds. The number of carbonyl (C=O) groups excluding carboxylic acids is 2. The number of hydrogen-bond donors (Lipinski definition) is 1. The van der Waals surface area contributed by atoms with E-state index in [-0.39, 0.29) is 24.8 Å². The number of carbonyl (C=O) groups is 2. The average molecular weight is 359 g/mol. The number of ether oxygens (including phenoxy) is 1. The summed E-state index contributed by atoms with van der Waals surface area (Å²) in [6.45, 7) is 1.20. The smallest absolute Gasteiger partial charge is 0.247 e. The molecule has 130 valence electrons. The molecule has 1 aliphatic rings. The van der Waals surface area contributed by atoms with Gasteiger partial charge in [0, 0.05) is 18.1 Å². The lowest BCUT2D eigenvalue weighted by Crippen LogP contribution is -2.52. The van der Waals surface area contributed by atoms with Crippen LogP contribution in [-0.4, -0.2) is 36.4 Å². The Hall–Kier alpha value is -2.53. The Balaban J connectivity index is 1.66. The van der Waals surface area contributed by atoms with E-state index in [2.05, 4.69) is 5.32 Å². The molecule has 1 saturated heterocycles. The lowest BCUT2D eigenvalue weighted by atomic mass is 10.0.